The minimum absolute atomic E-state index is 0.0358. The summed E-state index contributed by atoms with van der Waals surface area (Å²) in [6, 6.07) is 19.4. The minimum Gasteiger partial charge on any atom is -0.481 e. The lowest BCUT2D eigenvalue weighted by Crippen LogP contribution is -2.40. The molecular weight excluding hydrogens is 386 g/mol. The Morgan fingerprint density at radius 3 is 2.21 bits per heavy atom. The van der Waals surface area contributed by atoms with E-state index in [1.807, 2.05) is 35.7 Å². The second kappa shape index (κ2) is 8.09. The van der Waals surface area contributed by atoms with Gasteiger partial charge < -0.3 is 9.84 Å². The summed E-state index contributed by atoms with van der Waals surface area (Å²) < 4.78 is 5.73. The van der Waals surface area contributed by atoms with Crippen LogP contribution in [0.25, 0.3) is 11.1 Å². The van der Waals surface area contributed by atoms with Crippen molar-refractivity contribution in [1.29, 1.82) is 0 Å². The molecule has 5 nitrogen and oxygen atoms in total. The third-order valence-corrected chi connectivity index (χ3v) is 6.05. The number of nitrogens with zero attached hydrogens (tertiary/aromatic N) is 1. The maximum atomic E-state index is 13.0. The van der Waals surface area contributed by atoms with Crippen molar-refractivity contribution >= 4 is 28.4 Å². The van der Waals surface area contributed by atoms with E-state index < -0.39 is 18.1 Å². The van der Waals surface area contributed by atoms with Gasteiger partial charge in [-0.15, -0.1) is 11.3 Å². The summed E-state index contributed by atoms with van der Waals surface area (Å²) in [4.78, 5) is 25.6. The van der Waals surface area contributed by atoms with Gasteiger partial charge >= 0.3 is 12.1 Å². The predicted molar refractivity (Wildman–Crippen MR) is 114 cm³/mol. The highest BCUT2D eigenvalue weighted by Crippen LogP contribution is 2.44. The quantitative estimate of drug-likeness (QED) is 0.597. The Morgan fingerprint density at radius 2 is 1.66 bits per heavy atom. The zero-order valence-corrected chi connectivity index (χ0v) is 16.8. The fourth-order valence-electron chi connectivity index (χ4n) is 3.90. The van der Waals surface area contributed by atoms with Crippen LogP contribution in [0.2, 0.25) is 0 Å². The molecule has 0 saturated carbocycles. The second-order valence-electron chi connectivity index (χ2n) is 7.07. The Hall–Kier alpha value is -3.12. The Balaban J connectivity index is 1.56. The van der Waals surface area contributed by atoms with E-state index >= 15 is 0 Å². The van der Waals surface area contributed by atoms with Crippen LogP contribution in [0.15, 0.2) is 66.0 Å². The first-order valence-electron chi connectivity index (χ1n) is 9.45. The molecule has 0 spiro atoms. The number of hydrogen-bond donors (Lipinski definition) is 1. The molecule has 29 heavy (non-hydrogen) atoms. The monoisotopic (exact) mass is 407 g/mol. The standard InChI is InChI=1S/C23H21NO4S/c1-15(13-22(25)26)24(21-11-6-12-29-21)23(27)28-14-20-18-9-4-2-7-16(18)17-8-3-5-10-19(17)20/h2-12,15,20H,13-14H2,1H3,(H,25,26)/t15-/m1/s1. The SMILES string of the molecule is C[C@H](CC(=O)O)N(C(=O)OCC1c2ccccc2-c2ccccc21)c1cccs1. The molecule has 4 rings (SSSR count). The zero-order valence-electron chi connectivity index (χ0n) is 15.9. The van der Waals surface area contributed by atoms with E-state index in [9.17, 15) is 9.59 Å². The maximum absolute atomic E-state index is 13.0. The number of carboxylic acids is 1. The number of carboxylic acid groups (broad SMARTS) is 1. The number of carbonyl (C=O) groups is 2. The van der Waals surface area contributed by atoms with Gasteiger partial charge in [-0.1, -0.05) is 48.5 Å². The molecule has 1 amide bonds. The fourth-order valence-corrected chi connectivity index (χ4v) is 4.72. The van der Waals surface area contributed by atoms with Gasteiger partial charge in [-0.05, 0) is 46.7 Å². The number of benzene rings is 2. The van der Waals surface area contributed by atoms with Gasteiger partial charge in [0.15, 0.2) is 0 Å². The second-order valence-corrected chi connectivity index (χ2v) is 8.00. The molecule has 1 heterocycles. The molecule has 0 bridgehead atoms. The summed E-state index contributed by atoms with van der Waals surface area (Å²) in [5, 5.41) is 11.7. The van der Waals surface area contributed by atoms with Crippen LogP contribution in [0.3, 0.4) is 0 Å². The topological polar surface area (TPSA) is 66.8 Å². The van der Waals surface area contributed by atoms with E-state index in [1.54, 1.807) is 13.0 Å². The van der Waals surface area contributed by atoms with Crippen molar-refractivity contribution in [3.8, 4) is 11.1 Å². The molecule has 1 aliphatic rings. The first-order chi connectivity index (χ1) is 14.1. The van der Waals surface area contributed by atoms with Crippen molar-refractivity contribution in [2.45, 2.75) is 25.3 Å². The van der Waals surface area contributed by atoms with Gasteiger partial charge in [0.2, 0.25) is 0 Å². The van der Waals surface area contributed by atoms with Crippen LogP contribution < -0.4 is 4.90 Å². The Morgan fingerprint density at radius 1 is 1.03 bits per heavy atom. The number of fused-ring (bicyclic) bond motifs is 3. The molecule has 1 aliphatic carbocycles. The molecule has 0 saturated heterocycles. The summed E-state index contributed by atoms with van der Waals surface area (Å²) in [5.74, 6) is -0.989. The highest BCUT2D eigenvalue weighted by Gasteiger charge is 2.31. The molecule has 1 atom stereocenters. The summed E-state index contributed by atoms with van der Waals surface area (Å²) in [6.45, 7) is 1.92. The molecule has 6 heteroatoms. The van der Waals surface area contributed by atoms with E-state index in [0.29, 0.717) is 5.00 Å². The lowest BCUT2D eigenvalue weighted by atomic mass is 9.98. The van der Waals surface area contributed by atoms with Gasteiger partial charge in [0.25, 0.3) is 0 Å². The maximum Gasteiger partial charge on any atom is 0.415 e. The van der Waals surface area contributed by atoms with Crippen molar-refractivity contribution < 1.29 is 19.4 Å². The zero-order chi connectivity index (χ0) is 20.4. The number of rotatable bonds is 6. The number of ether oxygens (including phenoxy) is 1. The lowest BCUT2D eigenvalue weighted by molar-refractivity contribution is -0.137. The van der Waals surface area contributed by atoms with Gasteiger partial charge in [-0.3, -0.25) is 9.69 Å². The van der Waals surface area contributed by atoms with Crippen LogP contribution in [0.4, 0.5) is 9.80 Å². The Kier molecular flexibility index (Phi) is 5.36. The molecule has 0 unspecified atom stereocenters. The van der Waals surface area contributed by atoms with Crippen LogP contribution in [-0.4, -0.2) is 29.8 Å². The van der Waals surface area contributed by atoms with Crippen molar-refractivity contribution in [1.82, 2.24) is 0 Å². The van der Waals surface area contributed by atoms with E-state index in [0.717, 1.165) is 11.1 Å². The van der Waals surface area contributed by atoms with Crippen molar-refractivity contribution in [3.05, 3.63) is 77.2 Å². The van der Waals surface area contributed by atoms with E-state index in [2.05, 4.69) is 24.3 Å². The first kappa shape index (κ1) is 19.2. The molecule has 0 radical (unpaired) electrons. The van der Waals surface area contributed by atoms with Crippen molar-refractivity contribution in [3.63, 3.8) is 0 Å². The number of thiophene rings is 1. The molecule has 0 fully saturated rings. The highest BCUT2D eigenvalue weighted by atomic mass is 32.1. The minimum atomic E-state index is -0.953. The predicted octanol–water partition coefficient (Wildman–Crippen LogP) is 5.37. The summed E-state index contributed by atoms with van der Waals surface area (Å²) in [7, 11) is 0. The fraction of sp³-hybridized carbons (Fsp3) is 0.217. The van der Waals surface area contributed by atoms with Crippen LogP contribution in [0, 0.1) is 0 Å². The molecule has 3 aromatic rings. The number of amides is 1. The van der Waals surface area contributed by atoms with E-state index in [-0.39, 0.29) is 18.9 Å². The largest absolute Gasteiger partial charge is 0.481 e. The highest BCUT2D eigenvalue weighted by molar-refractivity contribution is 7.14. The van der Waals surface area contributed by atoms with E-state index in [1.165, 1.54) is 27.4 Å². The van der Waals surface area contributed by atoms with Crippen LogP contribution in [-0.2, 0) is 9.53 Å². The number of anilines is 1. The molecule has 1 N–H and O–H groups in total. The lowest BCUT2D eigenvalue weighted by Gasteiger charge is -2.27. The summed E-state index contributed by atoms with van der Waals surface area (Å²) >= 11 is 1.38. The molecule has 2 aromatic carbocycles. The average molecular weight is 407 g/mol. The normalized spacial score (nSPS) is 13.4. The number of carbonyl (C=O) groups excluding carboxylic acids is 1. The van der Waals surface area contributed by atoms with Crippen LogP contribution in [0.1, 0.15) is 30.4 Å². The van der Waals surface area contributed by atoms with Gasteiger partial charge in [0, 0.05) is 12.0 Å². The van der Waals surface area contributed by atoms with Gasteiger partial charge in [-0.2, -0.15) is 0 Å². The average Bonchev–Trinajstić information content (AvgIpc) is 3.33. The van der Waals surface area contributed by atoms with Crippen molar-refractivity contribution in [2.24, 2.45) is 0 Å². The van der Waals surface area contributed by atoms with Crippen LogP contribution in [0.5, 0.6) is 0 Å². The molecule has 0 aliphatic heterocycles. The van der Waals surface area contributed by atoms with Gasteiger partial charge in [0.05, 0.1) is 6.42 Å². The molecule has 148 valence electrons. The van der Waals surface area contributed by atoms with Crippen molar-refractivity contribution in [2.75, 3.05) is 11.5 Å². The summed E-state index contributed by atoms with van der Waals surface area (Å²) in [6.07, 6.45) is -0.676. The Bertz CT molecular complexity index is 985. The molecular formula is C23H21NO4S. The number of aliphatic carboxylic acids is 1. The first-order valence-corrected chi connectivity index (χ1v) is 10.3. The summed E-state index contributed by atoms with van der Waals surface area (Å²) in [5.41, 5.74) is 4.61. The third kappa shape index (κ3) is 3.76. The van der Waals surface area contributed by atoms with Crippen LogP contribution >= 0.6 is 11.3 Å². The van der Waals surface area contributed by atoms with Gasteiger partial charge in [-0.25, -0.2) is 4.79 Å². The third-order valence-electron chi connectivity index (χ3n) is 5.19. The number of hydrogen-bond acceptors (Lipinski definition) is 4. The molecule has 1 aromatic heterocycles. The Labute approximate surface area is 173 Å². The smallest absolute Gasteiger partial charge is 0.415 e. The van der Waals surface area contributed by atoms with Gasteiger partial charge in [0.1, 0.15) is 11.6 Å². The van der Waals surface area contributed by atoms with E-state index in [4.69, 9.17) is 9.84 Å².